The molecule has 0 spiro atoms. The van der Waals surface area contributed by atoms with E-state index in [1.165, 1.54) is 18.6 Å². The highest BCUT2D eigenvalue weighted by Crippen LogP contribution is 2.28. The molecule has 4 heteroatoms. The van der Waals surface area contributed by atoms with Crippen molar-refractivity contribution in [2.75, 3.05) is 5.73 Å². The second-order valence-electron chi connectivity index (χ2n) is 5.08. The van der Waals surface area contributed by atoms with Gasteiger partial charge in [0.1, 0.15) is 17.4 Å². The highest BCUT2D eigenvalue weighted by Gasteiger charge is 2.23. The van der Waals surface area contributed by atoms with Gasteiger partial charge in [-0.3, -0.25) is 0 Å². The number of nitrogen functional groups attached to an aromatic ring is 1. The van der Waals surface area contributed by atoms with E-state index in [0.29, 0.717) is 11.6 Å². The molecular weight excluding hydrogens is 230 g/mol. The summed E-state index contributed by atoms with van der Waals surface area (Å²) >= 11 is 0. The molecule has 1 aliphatic rings. The van der Waals surface area contributed by atoms with Gasteiger partial charge in [0.2, 0.25) is 0 Å². The summed E-state index contributed by atoms with van der Waals surface area (Å²) in [5.41, 5.74) is 6.13. The third kappa shape index (κ3) is 2.94. The molecule has 1 aromatic rings. The fourth-order valence-electron chi connectivity index (χ4n) is 2.42. The van der Waals surface area contributed by atoms with Crippen molar-refractivity contribution in [2.24, 2.45) is 5.92 Å². The number of nitrogens with two attached hydrogens (primary N) is 1. The van der Waals surface area contributed by atoms with E-state index in [4.69, 9.17) is 10.5 Å². The molecule has 0 bridgehead atoms. The third-order valence-corrected chi connectivity index (χ3v) is 3.40. The van der Waals surface area contributed by atoms with Crippen LogP contribution in [-0.2, 0) is 4.74 Å². The van der Waals surface area contributed by atoms with Crippen LogP contribution in [0.2, 0.25) is 0 Å². The minimum absolute atomic E-state index is 0.0294. The van der Waals surface area contributed by atoms with Crippen molar-refractivity contribution < 1.29 is 14.6 Å². The second-order valence-corrected chi connectivity index (χ2v) is 5.08. The van der Waals surface area contributed by atoms with Crippen LogP contribution in [0.15, 0.2) is 18.2 Å². The predicted octanol–water partition coefficient (Wildman–Crippen LogP) is 2.71. The summed E-state index contributed by atoms with van der Waals surface area (Å²) in [6.45, 7) is 2.17. The highest BCUT2D eigenvalue weighted by molar-refractivity contribution is 5.93. The summed E-state index contributed by atoms with van der Waals surface area (Å²) in [5.74, 6) is 0.00650. The van der Waals surface area contributed by atoms with Crippen LogP contribution in [0.5, 0.6) is 5.75 Å². The molecule has 2 rings (SSSR count). The maximum Gasteiger partial charge on any atom is 0.342 e. The lowest BCUT2D eigenvalue weighted by Crippen LogP contribution is -2.24. The zero-order valence-electron chi connectivity index (χ0n) is 10.6. The number of rotatable bonds is 2. The molecule has 0 saturated heterocycles. The van der Waals surface area contributed by atoms with E-state index < -0.39 is 5.97 Å². The number of phenolic OH excluding ortho intramolecular Hbond substituents is 1. The minimum Gasteiger partial charge on any atom is -0.507 e. The van der Waals surface area contributed by atoms with Crippen LogP contribution in [0.3, 0.4) is 0 Å². The Hall–Kier alpha value is -1.71. The van der Waals surface area contributed by atoms with Gasteiger partial charge in [0, 0.05) is 11.8 Å². The summed E-state index contributed by atoms with van der Waals surface area (Å²) in [6.07, 6.45) is 4.07. The van der Waals surface area contributed by atoms with Crippen LogP contribution in [0.25, 0.3) is 0 Å². The topological polar surface area (TPSA) is 72.5 Å². The summed E-state index contributed by atoms with van der Waals surface area (Å²) in [7, 11) is 0. The van der Waals surface area contributed by atoms with E-state index in [0.717, 1.165) is 19.3 Å². The Labute approximate surface area is 107 Å². The van der Waals surface area contributed by atoms with Crippen molar-refractivity contribution in [2.45, 2.75) is 38.7 Å². The Bertz CT molecular complexity index is 445. The molecule has 98 valence electrons. The van der Waals surface area contributed by atoms with Gasteiger partial charge in [-0.25, -0.2) is 4.79 Å². The lowest BCUT2D eigenvalue weighted by molar-refractivity contribution is 0.0152. The maximum atomic E-state index is 11.9. The summed E-state index contributed by atoms with van der Waals surface area (Å²) in [4.78, 5) is 11.9. The van der Waals surface area contributed by atoms with E-state index >= 15 is 0 Å². The lowest BCUT2D eigenvalue weighted by Gasteiger charge is -2.26. The fourth-order valence-corrected chi connectivity index (χ4v) is 2.42. The number of esters is 1. The molecule has 0 amide bonds. The van der Waals surface area contributed by atoms with Gasteiger partial charge in [-0.2, -0.15) is 0 Å². The van der Waals surface area contributed by atoms with Gasteiger partial charge in [0.05, 0.1) is 0 Å². The van der Waals surface area contributed by atoms with Gasteiger partial charge < -0.3 is 15.6 Å². The molecule has 1 saturated carbocycles. The summed E-state index contributed by atoms with van der Waals surface area (Å²) in [5, 5.41) is 9.66. The molecule has 2 atom stereocenters. The number of carbonyl (C=O) groups is 1. The first-order valence-electron chi connectivity index (χ1n) is 6.35. The van der Waals surface area contributed by atoms with Crippen molar-refractivity contribution in [1.82, 2.24) is 0 Å². The van der Waals surface area contributed by atoms with Crippen LogP contribution in [-0.4, -0.2) is 17.2 Å². The van der Waals surface area contributed by atoms with Crippen LogP contribution in [0.4, 0.5) is 5.69 Å². The van der Waals surface area contributed by atoms with Crippen molar-refractivity contribution in [3.8, 4) is 5.75 Å². The first-order valence-corrected chi connectivity index (χ1v) is 6.35. The number of hydrogen-bond acceptors (Lipinski definition) is 4. The molecule has 4 nitrogen and oxygen atoms in total. The average molecular weight is 249 g/mol. The van der Waals surface area contributed by atoms with E-state index in [1.54, 1.807) is 6.07 Å². The SMILES string of the molecule is CC1CCCC(OC(=O)c2ccc(N)cc2O)C1. The lowest BCUT2D eigenvalue weighted by atomic mass is 9.89. The van der Waals surface area contributed by atoms with Crippen LogP contribution >= 0.6 is 0 Å². The van der Waals surface area contributed by atoms with E-state index in [2.05, 4.69) is 6.92 Å². The molecule has 1 aromatic carbocycles. The van der Waals surface area contributed by atoms with Crippen LogP contribution < -0.4 is 5.73 Å². The number of carbonyl (C=O) groups excluding carboxylic acids is 1. The van der Waals surface area contributed by atoms with Gasteiger partial charge in [0.25, 0.3) is 0 Å². The first-order chi connectivity index (χ1) is 8.56. The van der Waals surface area contributed by atoms with Crippen molar-refractivity contribution >= 4 is 11.7 Å². The normalized spacial score (nSPS) is 23.6. The van der Waals surface area contributed by atoms with Crippen molar-refractivity contribution in [3.63, 3.8) is 0 Å². The fraction of sp³-hybridized carbons (Fsp3) is 0.500. The Morgan fingerprint density at radius 3 is 2.89 bits per heavy atom. The van der Waals surface area contributed by atoms with Gasteiger partial charge >= 0.3 is 5.97 Å². The molecule has 1 aliphatic carbocycles. The first kappa shape index (κ1) is 12.7. The van der Waals surface area contributed by atoms with Crippen molar-refractivity contribution in [1.29, 1.82) is 0 Å². The predicted molar refractivity (Wildman–Crippen MR) is 69.4 cm³/mol. The molecule has 0 aliphatic heterocycles. The molecule has 0 heterocycles. The number of aromatic hydroxyl groups is 1. The van der Waals surface area contributed by atoms with Crippen LogP contribution in [0.1, 0.15) is 43.0 Å². The van der Waals surface area contributed by atoms with Gasteiger partial charge in [-0.05, 0) is 37.3 Å². The Kier molecular flexibility index (Phi) is 3.75. The summed E-state index contributed by atoms with van der Waals surface area (Å²) < 4.78 is 5.43. The molecular formula is C14H19NO3. The number of anilines is 1. The molecule has 0 radical (unpaired) electrons. The quantitative estimate of drug-likeness (QED) is 0.624. The standard InChI is InChI=1S/C14H19NO3/c1-9-3-2-4-11(7-9)18-14(17)12-6-5-10(15)8-13(12)16/h5-6,8-9,11,16H,2-4,7,15H2,1H3. The highest BCUT2D eigenvalue weighted by atomic mass is 16.5. The molecule has 18 heavy (non-hydrogen) atoms. The largest absolute Gasteiger partial charge is 0.507 e. The van der Waals surface area contributed by atoms with E-state index in [9.17, 15) is 9.90 Å². The summed E-state index contributed by atoms with van der Waals surface area (Å²) in [6, 6.07) is 4.44. The van der Waals surface area contributed by atoms with Gasteiger partial charge in [0.15, 0.2) is 0 Å². The Balaban J connectivity index is 2.03. The molecule has 0 aromatic heterocycles. The maximum absolute atomic E-state index is 11.9. The number of hydrogen-bond donors (Lipinski definition) is 2. The molecule has 3 N–H and O–H groups in total. The smallest absolute Gasteiger partial charge is 0.342 e. The third-order valence-electron chi connectivity index (χ3n) is 3.40. The number of ether oxygens (including phenoxy) is 1. The zero-order valence-corrected chi connectivity index (χ0v) is 10.6. The monoisotopic (exact) mass is 249 g/mol. The van der Waals surface area contributed by atoms with Gasteiger partial charge in [-0.1, -0.05) is 13.3 Å². The Morgan fingerprint density at radius 2 is 2.22 bits per heavy atom. The minimum atomic E-state index is -0.466. The van der Waals surface area contributed by atoms with E-state index in [-0.39, 0.29) is 17.4 Å². The molecule has 1 fully saturated rings. The Morgan fingerprint density at radius 1 is 1.44 bits per heavy atom. The van der Waals surface area contributed by atoms with Crippen LogP contribution in [0, 0.1) is 5.92 Å². The number of phenols is 1. The van der Waals surface area contributed by atoms with E-state index in [1.807, 2.05) is 0 Å². The zero-order chi connectivity index (χ0) is 13.1. The molecule has 2 unspecified atom stereocenters. The number of benzene rings is 1. The average Bonchev–Trinajstić information content (AvgIpc) is 2.28. The second kappa shape index (κ2) is 5.29. The van der Waals surface area contributed by atoms with Crippen molar-refractivity contribution in [3.05, 3.63) is 23.8 Å². The van der Waals surface area contributed by atoms with Gasteiger partial charge in [-0.15, -0.1) is 0 Å².